The highest BCUT2D eigenvalue weighted by Crippen LogP contribution is 2.15. The van der Waals surface area contributed by atoms with Crippen molar-refractivity contribution in [2.45, 2.75) is 32.3 Å². The van der Waals surface area contributed by atoms with Gasteiger partial charge in [-0.25, -0.2) is 4.79 Å². The molecule has 2 aliphatic heterocycles. The maximum absolute atomic E-state index is 12.3. The molecule has 1 N–H and O–H groups in total. The third-order valence-corrected chi connectivity index (χ3v) is 4.76. The zero-order valence-electron chi connectivity index (χ0n) is 14.0. The zero-order valence-corrected chi connectivity index (χ0v) is 14.0. The summed E-state index contributed by atoms with van der Waals surface area (Å²) in [7, 11) is 0. The van der Waals surface area contributed by atoms with E-state index in [1.165, 1.54) is 18.4 Å². The lowest BCUT2D eigenvalue weighted by Crippen LogP contribution is -2.51. The number of hydrogen-bond donors (Lipinski definition) is 1. The Hall–Kier alpha value is -1.59. The van der Waals surface area contributed by atoms with Gasteiger partial charge in [-0.05, 0) is 37.0 Å². The normalized spacial score (nSPS) is 22.3. The molecule has 1 aromatic carbocycles. The fraction of sp³-hybridized carbons (Fsp3) is 0.611. The number of anilines is 1. The number of benzene rings is 1. The number of hydrogen-bond acceptors (Lipinski definition) is 3. The van der Waals surface area contributed by atoms with Crippen LogP contribution in [-0.4, -0.2) is 61.3 Å². The lowest BCUT2D eigenvalue weighted by molar-refractivity contribution is 0.0572. The van der Waals surface area contributed by atoms with E-state index >= 15 is 0 Å². The summed E-state index contributed by atoms with van der Waals surface area (Å²) in [5.74, 6) is 0. The Bertz CT molecular complexity index is 504. The summed E-state index contributed by atoms with van der Waals surface area (Å²) in [5.41, 5.74) is 2.15. The highest BCUT2D eigenvalue weighted by atomic mass is 16.5. The number of carbonyl (C=O) groups excluding carboxylic acids is 1. The molecule has 0 aliphatic carbocycles. The molecule has 0 radical (unpaired) electrons. The van der Waals surface area contributed by atoms with E-state index in [9.17, 15) is 4.79 Å². The van der Waals surface area contributed by atoms with Gasteiger partial charge < -0.3 is 15.0 Å². The first kappa shape index (κ1) is 16.3. The summed E-state index contributed by atoms with van der Waals surface area (Å²) in [6, 6.07) is 8.09. The largest absolute Gasteiger partial charge is 0.377 e. The number of carbonyl (C=O) groups is 1. The Morgan fingerprint density at radius 2 is 1.96 bits per heavy atom. The molecular weight excluding hydrogens is 290 g/mol. The van der Waals surface area contributed by atoms with Crippen molar-refractivity contribution in [3.63, 3.8) is 0 Å². The van der Waals surface area contributed by atoms with Crippen molar-refractivity contribution < 1.29 is 9.53 Å². The Balaban J connectivity index is 1.43. The van der Waals surface area contributed by atoms with Gasteiger partial charge in [0.25, 0.3) is 0 Å². The molecule has 2 fully saturated rings. The second-order valence-electron chi connectivity index (χ2n) is 6.40. The predicted octanol–water partition coefficient (Wildman–Crippen LogP) is 2.58. The summed E-state index contributed by atoms with van der Waals surface area (Å²) in [6.07, 6.45) is 3.77. The lowest BCUT2D eigenvalue weighted by atomic mass is 10.1. The Kier molecular flexibility index (Phi) is 5.51. The van der Waals surface area contributed by atoms with Crippen molar-refractivity contribution in [2.75, 3.05) is 44.6 Å². The SMILES string of the molecule is CCc1ccc(NC(=O)N2CCN(CC3CCCO3)CC2)cc1. The van der Waals surface area contributed by atoms with Gasteiger partial charge in [0.05, 0.1) is 6.10 Å². The summed E-state index contributed by atoms with van der Waals surface area (Å²) >= 11 is 0. The van der Waals surface area contributed by atoms with Crippen molar-refractivity contribution in [1.82, 2.24) is 9.80 Å². The summed E-state index contributed by atoms with van der Waals surface area (Å²) < 4.78 is 5.69. The Morgan fingerprint density at radius 3 is 2.57 bits per heavy atom. The molecule has 5 nitrogen and oxygen atoms in total. The van der Waals surface area contributed by atoms with Crippen LogP contribution in [-0.2, 0) is 11.2 Å². The van der Waals surface area contributed by atoms with Crippen molar-refractivity contribution in [1.29, 1.82) is 0 Å². The van der Waals surface area contributed by atoms with Crippen LogP contribution in [0.4, 0.5) is 10.5 Å². The summed E-state index contributed by atoms with van der Waals surface area (Å²) in [5, 5.41) is 2.99. The van der Waals surface area contributed by atoms with Crippen LogP contribution in [0.15, 0.2) is 24.3 Å². The Labute approximate surface area is 138 Å². The van der Waals surface area contributed by atoms with Crippen LogP contribution in [0, 0.1) is 0 Å². The molecule has 126 valence electrons. The van der Waals surface area contributed by atoms with Crippen molar-refractivity contribution in [3.05, 3.63) is 29.8 Å². The molecule has 1 aromatic rings. The minimum atomic E-state index is 0.00557. The summed E-state index contributed by atoms with van der Waals surface area (Å²) in [4.78, 5) is 16.7. The van der Waals surface area contributed by atoms with Crippen LogP contribution < -0.4 is 5.32 Å². The van der Waals surface area contributed by atoms with Crippen LogP contribution in [0.5, 0.6) is 0 Å². The van der Waals surface area contributed by atoms with Gasteiger partial charge in [0.15, 0.2) is 0 Å². The third-order valence-electron chi connectivity index (χ3n) is 4.76. The molecule has 1 atom stereocenters. The van der Waals surface area contributed by atoms with E-state index in [0.29, 0.717) is 6.10 Å². The maximum atomic E-state index is 12.3. The third kappa shape index (κ3) is 4.45. The van der Waals surface area contributed by atoms with Crippen LogP contribution in [0.1, 0.15) is 25.3 Å². The topological polar surface area (TPSA) is 44.8 Å². The minimum Gasteiger partial charge on any atom is -0.377 e. The number of nitrogens with zero attached hydrogens (tertiary/aromatic N) is 2. The predicted molar refractivity (Wildman–Crippen MR) is 91.8 cm³/mol. The van der Waals surface area contributed by atoms with Crippen LogP contribution in [0.2, 0.25) is 0 Å². The number of piperazine rings is 1. The van der Waals surface area contributed by atoms with Gasteiger partial charge in [-0.1, -0.05) is 19.1 Å². The van der Waals surface area contributed by atoms with E-state index in [-0.39, 0.29) is 6.03 Å². The van der Waals surface area contributed by atoms with Gasteiger partial charge in [0.2, 0.25) is 0 Å². The second-order valence-corrected chi connectivity index (χ2v) is 6.40. The molecule has 0 aromatic heterocycles. The molecule has 0 spiro atoms. The molecule has 23 heavy (non-hydrogen) atoms. The highest BCUT2D eigenvalue weighted by Gasteiger charge is 2.24. The molecule has 0 bridgehead atoms. The molecular formula is C18H27N3O2. The molecule has 5 heteroatoms. The average Bonchev–Trinajstić information content (AvgIpc) is 3.09. The van der Waals surface area contributed by atoms with Gasteiger partial charge in [-0.3, -0.25) is 4.90 Å². The number of nitrogens with one attached hydrogen (secondary N) is 1. The van der Waals surface area contributed by atoms with E-state index < -0.39 is 0 Å². The number of rotatable bonds is 4. The van der Waals surface area contributed by atoms with Gasteiger partial charge in [0, 0.05) is 45.0 Å². The molecule has 3 rings (SSSR count). The quantitative estimate of drug-likeness (QED) is 0.928. The molecule has 2 amide bonds. The first-order valence-corrected chi connectivity index (χ1v) is 8.73. The molecule has 1 unspecified atom stereocenters. The molecule has 2 heterocycles. The van der Waals surface area contributed by atoms with E-state index in [2.05, 4.69) is 29.3 Å². The van der Waals surface area contributed by atoms with E-state index in [1.807, 2.05) is 17.0 Å². The van der Waals surface area contributed by atoms with E-state index in [1.54, 1.807) is 0 Å². The fourth-order valence-electron chi connectivity index (χ4n) is 3.24. The number of amides is 2. The first-order valence-electron chi connectivity index (χ1n) is 8.73. The summed E-state index contributed by atoms with van der Waals surface area (Å²) in [6.45, 7) is 7.47. The zero-order chi connectivity index (χ0) is 16.1. The van der Waals surface area contributed by atoms with Crippen molar-refractivity contribution in [2.24, 2.45) is 0 Å². The molecule has 2 saturated heterocycles. The first-order chi connectivity index (χ1) is 11.2. The minimum absolute atomic E-state index is 0.00557. The van der Waals surface area contributed by atoms with Crippen LogP contribution >= 0.6 is 0 Å². The molecule has 0 saturated carbocycles. The van der Waals surface area contributed by atoms with Gasteiger partial charge >= 0.3 is 6.03 Å². The van der Waals surface area contributed by atoms with E-state index in [4.69, 9.17) is 4.74 Å². The van der Waals surface area contributed by atoms with Gasteiger partial charge in [0.1, 0.15) is 0 Å². The van der Waals surface area contributed by atoms with Gasteiger partial charge in [-0.2, -0.15) is 0 Å². The smallest absolute Gasteiger partial charge is 0.321 e. The second kappa shape index (κ2) is 7.79. The average molecular weight is 317 g/mol. The number of urea groups is 1. The van der Waals surface area contributed by atoms with Crippen LogP contribution in [0.25, 0.3) is 0 Å². The van der Waals surface area contributed by atoms with Crippen LogP contribution in [0.3, 0.4) is 0 Å². The lowest BCUT2D eigenvalue weighted by Gasteiger charge is -2.35. The number of aryl methyl sites for hydroxylation is 1. The highest BCUT2D eigenvalue weighted by molar-refractivity contribution is 5.89. The van der Waals surface area contributed by atoms with Crippen molar-refractivity contribution in [3.8, 4) is 0 Å². The van der Waals surface area contributed by atoms with Gasteiger partial charge in [-0.15, -0.1) is 0 Å². The van der Waals surface area contributed by atoms with Crippen molar-refractivity contribution >= 4 is 11.7 Å². The Morgan fingerprint density at radius 1 is 1.22 bits per heavy atom. The number of ether oxygens (including phenoxy) is 1. The molecule has 2 aliphatic rings. The maximum Gasteiger partial charge on any atom is 0.321 e. The van der Waals surface area contributed by atoms with E-state index in [0.717, 1.165) is 51.4 Å². The standard InChI is InChI=1S/C18H27N3O2/c1-2-15-5-7-16(8-6-15)19-18(22)21-11-9-20(10-12-21)14-17-4-3-13-23-17/h5-8,17H,2-4,9-14H2,1H3,(H,19,22). The monoisotopic (exact) mass is 317 g/mol. The fourth-order valence-corrected chi connectivity index (χ4v) is 3.24.